The van der Waals surface area contributed by atoms with Gasteiger partial charge < -0.3 is 18.9 Å². The summed E-state index contributed by atoms with van der Waals surface area (Å²) in [5.41, 5.74) is 1.15. The minimum atomic E-state index is 0. The van der Waals surface area contributed by atoms with E-state index in [2.05, 4.69) is 6.58 Å². The van der Waals surface area contributed by atoms with Crippen LogP contribution in [-0.2, 0) is 15.9 Å². The minimum absolute atomic E-state index is 0. The summed E-state index contributed by atoms with van der Waals surface area (Å²) in [7, 11) is 3.30. The number of rotatable bonds is 10. The summed E-state index contributed by atoms with van der Waals surface area (Å²) in [6, 6.07) is 5.88. The van der Waals surface area contributed by atoms with Crippen LogP contribution in [0, 0.1) is 0 Å². The molecule has 0 aliphatic heterocycles. The van der Waals surface area contributed by atoms with Crippen LogP contribution < -0.4 is 9.47 Å². The van der Waals surface area contributed by atoms with E-state index in [-0.39, 0.29) is 35.8 Å². The van der Waals surface area contributed by atoms with Crippen molar-refractivity contribution in [2.45, 2.75) is 49.2 Å². The van der Waals surface area contributed by atoms with Crippen molar-refractivity contribution in [1.29, 1.82) is 0 Å². The number of hydrogen-bond acceptors (Lipinski definition) is 4. The van der Waals surface area contributed by atoms with Crippen LogP contribution in [0.3, 0.4) is 0 Å². The number of ether oxygens (including phenoxy) is 4. The Balaban J connectivity index is -0.000000500. The molecule has 4 nitrogen and oxygen atoms in total. The Bertz CT molecular complexity index is 405. The summed E-state index contributed by atoms with van der Waals surface area (Å²) < 4.78 is 21.5. The van der Waals surface area contributed by atoms with E-state index in [1.165, 1.54) is 0 Å². The number of allylic oxidation sites excluding steroid dienone is 1. The van der Waals surface area contributed by atoms with Crippen molar-refractivity contribution in [2.24, 2.45) is 0 Å². The van der Waals surface area contributed by atoms with Gasteiger partial charge in [-0.2, -0.15) is 0 Å². The fourth-order valence-electron chi connectivity index (χ4n) is 1.65. The topological polar surface area (TPSA) is 36.9 Å². The monoisotopic (exact) mass is 344 g/mol. The summed E-state index contributed by atoms with van der Waals surface area (Å²) in [6.45, 7) is 7.25. The van der Waals surface area contributed by atoms with Crippen molar-refractivity contribution in [3.63, 3.8) is 0 Å². The lowest BCUT2D eigenvalue weighted by atomic mass is 10.1. The second-order valence-corrected chi connectivity index (χ2v) is 4.45. The Morgan fingerprint density at radius 1 is 1.04 bits per heavy atom. The predicted octanol–water partition coefficient (Wildman–Crippen LogP) is 5.40. The first-order chi connectivity index (χ1) is 9.71. The molecule has 0 fully saturated rings. The van der Waals surface area contributed by atoms with E-state index in [0.717, 1.165) is 23.5 Å². The Kier molecular flexibility index (Phi) is 22.6. The molecular weight excluding hydrogens is 304 g/mol. The first-order valence-electron chi connectivity index (χ1n) is 6.72. The van der Waals surface area contributed by atoms with E-state index in [1.54, 1.807) is 14.2 Å². The molecule has 144 valence electrons. The van der Waals surface area contributed by atoms with Crippen LogP contribution in [0.2, 0.25) is 0 Å². The van der Waals surface area contributed by atoms with Gasteiger partial charge in [0.15, 0.2) is 11.5 Å². The Hall–Kier alpha value is -1.52. The summed E-state index contributed by atoms with van der Waals surface area (Å²) in [5, 5.41) is 0. The van der Waals surface area contributed by atoms with Gasteiger partial charge in [0.1, 0.15) is 6.61 Å². The molecule has 0 aliphatic carbocycles. The van der Waals surface area contributed by atoms with Gasteiger partial charge in [-0.05, 0) is 31.0 Å². The molecule has 0 bridgehead atoms. The van der Waals surface area contributed by atoms with Crippen LogP contribution in [0.4, 0.5) is 0 Å². The maximum atomic E-state index is 5.66. The zero-order valence-corrected chi connectivity index (χ0v) is 12.6. The molecule has 0 N–H and O–H groups in total. The molecule has 0 aromatic heterocycles. The number of methoxy groups -OCH3 is 2. The largest absolute Gasteiger partial charge is 0.493 e. The molecule has 0 radical (unpaired) electrons. The Morgan fingerprint density at radius 2 is 1.71 bits per heavy atom. The third-order valence-corrected chi connectivity index (χ3v) is 2.85. The second-order valence-electron chi connectivity index (χ2n) is 4.45. The molecule has 24 heavy (non-hydrogen) atoms. The van der Waals surface area contributed by atoms with E-state index in [9.17, 15) is 0 Å². The Labute approximate surface area is 150 Å². The smallest absolute Gasteiger partial charge is 0.161 e. The van der Waals surface area contributed by atoms with Crippen LogP contribution in [0.1, 0.15) is 42.2 Å². The number of hydrogen-bond donors (Lipinski definition) is 0. The average Bonchev–Trinajstić information content (AvgIpc) is 2.47. The molecule has 4 heteroatoms. The van der Waals surface area contributed by atoms with Gasteiger partial charge in [0.05, 0.1) is 26.4 Å². The van der Waals surface area contributed by atoms with Crippen LogP contribution in [-0.4, -0.2) is 40.1 Å². The zero-order valence-electron chi connectivity index (χ0n) is 12.6. The van der Waals surface area contributed by atoms with Crippen LogP contribution in [0.15, 0.2) is 30.9 Å². The molecule has 0 saturated carbocycles. The van der Waals surface area contributed by atoms with E-state index in [1.807, 2.05) is 31.2 Å². The molecule has 1 aromatic rings. The lowest BCUT2D eigenvalue weighted by Crippen LogP contribution is -2.16. The van der Waals surface area contributed by atoms with Crippen molar-refractivity contribution in [3.05, 3.63) is 36.4 Å². The quantitative estimate of drug-likeness (QED) is 0.421. The van der Waals surface area contributed by atoms with Gasteiger partial charge in [0.2, 0.25) is 0 Å². The van der Waals surface area contributed by atoms with Crippen LogP contribution >= 0.6 is 0 Å². The lowest BCUT2D eigenvalue weighted by Gasteiger charge is -2.13. The lowest BCUT2D eigenvalue weighted by molar-refractivity contribution is 0.00938. The highest BCUT2D eigenvalue weighted by Crippen LogP contribution is 2.28. The van der Waals surface area contributed by atoms with E-state index >= 15 is 0 Å². The molecule has 0 amide bonds. The van der Waals surface area contributed by atoms with Gasteiger partial charge in [-0.25, -0.2) is 0 Å². The van der Waals surface area contributed by atoms with Crippen LogP contribution in [0.5, 0.6) is 11.5 Å². The summed E-state index contributed by atoms with van der Waals surface area (Å²) >= 11 is 0. The molecule has 0 heterocycles. The van der Waals surface area contributed by atoms with E-state index in [0.29, 0.717) is 19.8 Å². The molecule has 1 unspecified atom stereocenters. The highest BCUT2D eigenvalue weighted by Gasteiger charge is 2.05. The van der Waals surface area contributed by atoms with Crippen molar-refractivity contribution < 1.29 is 18.9 Å². The SMILES string of the molecule is C.C.C.C.C=CCc1ccc(OCCOCC(C)OC)c(OC)c1. The molecular formula is C20H40O4. The zero-order chi connectivity index (χ0) is 14.8. The third kappa shape index (κ3) is 11.1. The van der Waals surface area contributed by atoms with Gasteiger partial charge in [0, 0.05) is 7.11 Å². The molecule has 1 aromatic carbocycles. The van der Waals surface area contributed by atoms with Crippen molar-refractivity contribution in [3.8, 4) is 11.5 Å². The van der Waals surface area contributed by atoms with Gasteiger partial charge in [0.25, 0.3) is 0 Å². The summed E-state index contributed by atoms with van der Waals surface area (Å²) in [5.74, 6) is 1.46. The molecule has 0 spiro atoms. The molecule has 1 atom stereocenters. The molecule has 0 aliphatic rings. The number of benzene rings is 1. The maximum absolute atomic E-state index is 5.66. The Morgan fingerprint density at radius 3 is 2.25 bits per heavy atom. The first-order valence-corrected chi connectivity index (χ1v) is 6.72. The fraction of sp³-hybridized carbons (Fsp3) is 0.600. The second kappa shape index (κ2) is 17.8. The normalized spacial score (nSPS) is 9.96. The van der Waals surface area contributed by atoms with E-state index < -0.39 is 0 Å². The van der Waals surface area contributed by atoms with Gasteiger partial charge in [-0.1, -0.05) is 41.8 Å². The molecule has 0 saturated heterocycles. The highest BCUT2D eigenvalue weighted by molar-refractivity contribution is 5.43. The first kappa shape index (κ1) is 30.4. The van der Waals surface area contributed by atoms with Gasteiger partial charge >= 0.3 is 0 Å². The molecule has 1 rings (SSSR count). The standard InChI is InChI=1S/C16H24O4.4CH4/c1-5-6-14-7-8-15(16(11-14)18-4)20-10-9-19-12-13(2)17-3;;;;/h5,7-8,11,13H,1,6,9-10,12H2,2-4H3;4*1H4. The fourth-order valence-corrected chi connectivity index (χ4v) is 1.65. The van der Waals surface area contributed by atoms with Gasteiger partial charge in [-0.3, -0.25) is 0 Å². The summed E-state index contributed by atoms with van der Waals surface area (Å²) in [4.78, 5) is 0. The third-order valence-electron chi connectivity index (χ3n) is 2.85. The van der Waals surface area contributed by atoms with Crippen LogP contribution in [0.25, 0.3) is 0 Å². The average molecular weight is 345 g/mol. The summed E-state index contributed by atoms with van der Waals surface area (Å²) in [6.07, 6.45) is 2.78. The highest BCUT2D eigenvalue weighted by atomic mass is 16.6. The predicted molar refractivity (Wildman–Crippen MR) is 107 cm³/mol. The minimum Gasteiger partial charge on any atom is -0.493 e. The van der Waals surface area contributed by atoms with E-state index in [4.69, 9.17) is 18.9 Å². The van der Waals surface area contributed by atoms with Gasteiger partial charge in [-0.15, -0.1) is 6.58 Å². The van der Waals surface area contributed by atoms with Crippen molar-refractivity contribution in [1.82, 2.24) is 0 Å². The maximum Gasteiger partial charge on any atom is 0.161 e. The van der Waals surface area contributed by atoms with Crippen molar-refractivity contribution in [2.75, 3.05) is 34.0 Å². The van der Waals surface area contributed by atoms with Crippen molar-refractivity contribution >= 4 is 0 Å².